The summed E-state index contributed by atoms with van der Waals surface area (Å²) >= 11 is 0. The van der Waals surface area contributed by atoms with Crippen molar-refractivity contribution in [3.8, 4) is 5.69 Å². The van der Waals surface area contributed by atoms with Gasteiger partial charge >= 0.3 is 6.09 Å². The van der Waals surface area contributed by atoms with Crippen LogP contribution in [-0.2, 0) is 14.8 Å². The molecule has 0 spiro atoms. The van der Waals surface area contributed by atoms with Crippen LogP contribution in [0.5, 0.6) is 0 Å². The molecule has 0 aliphatic carbocycles. The maximum Gasteiger partial charge on any atom is 0.410 e. The van der Waals surface area contributed by atoms with Gasteiger partial charge in [-0.2, -0.15) is 4.31 Å². The highest BCUT2D eigenvalue weighted by molar-refractivity contribution is 7.89. The Bertz CT molecular complexity index is 882. The lowest BCUT2D eigenvalue weighted by atomic mass is 10.2. The van der Waals surface area contributed by atoms with Gasteiger partial charge in [-0.05, 0) is 55.5 Å². The van der Waals surface area contributed by atoms with Gasteiger partial charge in [0, 0.05) is 26.2 Å². The van der Waals surface area contributed by atoms with Crippen LogP contribution in [0.2, 0.25) is 0 Å². The van der Waals surface area contributed by atoms with Gasteiger partial charge in [0.2, 0.25) is 10.0 Å². The van der Waals surface area contributed by atoms with Crippen molar-refractivity contribution in [1.82, 2.24) is 29.4 Å². The van der Waals surface area contributed by atoms with Crippen LogP contribution in [0.4, 0.5) is 4.79 Å². The van der Waals surface area contributed by atoms with Crippen molar-refractivity contribution in [2.24, 2.45) is 0 Å². The quantitative estimate of drug-likeness (QED) is 0.760. The first-order valence-electron chi connectivity index (χ1n) is 8.48. The number of sulfonamides is 1. The van der Waals surface area contributed by atoms with E-state index in [9.17, 15) is 13.2 Å². The smallest absolute Gasteiger partial charge is 0.410 e. The van der Waals surface area contributed by atoms with Gasteiger partial charge in [0.1, 0.15) is 11.9 Å². The molecule has 0 unspecified atom stereocenters. The molecule has 0 N–H and O–H groups in total. The number of hydrogen-bond acceptors (Lipinski definition) is 7. The first-order chi connectivity index (χ1) is 12.7. The van der Waals surface area contributed by atoms with E-state index in [0.717, 1.165) is 0 Å². The van der Waals surface area contributed by atoms with Crippen molar-refractivity contribution in [1.29, 1.82) is 0 Å². The lowest BCUT2D eigenvalue weighted by molar-refractivity contribution is 0.0192. The second-order valence-corrected chi connectivity index (χ2v) is 9.06. The third-order valence-electron chi connectivity index (χ3n) is 3.98. The van der Waals surface area contributed by atoms with Crippen LogP contribution >= 0.6 is 0 Å². The summed E-state index contributed by atoms with van der Waals surface area (Å²) in [6.45, 7) is 6.40. The van der Waals surface area contributed by atoms with Crippen molar-refractivity contribution in [2.75, 3.05) is 26.2 Å². The van der Waals surface area contributed by atoms with Crippen molar-refractivity contribution in [3.05, 3.63) is 30.6 Å². The van der Waals surface area contributed by atoms with Gasteiger partial charge in [-0.25, -0.2) is 17.9 Å². The van der Waals surface area contributed by atoms with Gasteiger partial charge in [0.25, 0.3) is 0 Å². The number of carbonyl (C=O) groups excluding carboxylic acids is 1. The predicted molar refractivity (Wildman–Crippen MR) is 95.7 cm³/mol. The molecule has 1 fully saturated rings. The lowest BCUT2D eigenvalue weighted by Crippen LogP contribution is -2.51. The third kappa shape index (κ3) is 4.42. The van der Waals surface area contributed by atoms with Gasteiger partial charge in [0.05, 0.1) is 10.6 Å². The number of rotatable bonds is 3. The monoisotopic (exact) mass is 394 g/mol. The van der Waals surface area contributed by atoms with E-state index in [1.807, 2.05) is 0 Å². The molecule has 10 nitrogen and oxygen atoms in total. The number of hydrogen-bond donors (Lipinski definition) is 0. The molecule has 1 aromatic heterocycles. The molecule has 0 atom stereocenters. The number of ether oxygens (including phenoxy) is 1. The molecule has 0 radical (unpaired) electrons. The zero-order valence-corrected chi connectivity index (χ0v) is 16.3. The Balaban J connectivity index is 1.65. The molecule has 0 saturated carbocycles. The molecule has 1 aliphatic heterocycles. The minimum Gasteiger partial charge on any atom is -0.444 e. The molecule has 2 aromatic rings. The summed E-state index contributed by atoms with van der Waals surface area (Å²) in [4.78, 5) is 13.8. The van der Waals surface area contributed by atoms with Crippen molar-refractivity contribution < 1.29 is 17.9 Å². The highest BCUT2D eigenvalue weighted by Gasteiger charge is 2.31. The van der Waals surface area contributed by atoms with E-state index in [2.05, 4.69) is 15.5 Å². The van der Waals surface area contributed by atoms with E-state index in [0.29, 0.717) is 5.69 Å². The van der Waals surface area contributed by atoms with E-state index in [1.165, 1.54) is 32.3 Å². The lowest BCUT2D eigenvalue weighted by Gasteiger charge is -2.34. The Morgan fingerprint density at radius 3 is 2.22 bits per heavy atom. The Morgan fingerprint density at radius 1 is 1.07 bits per heavy atom. The average Bonchev–Trinajstić information content (AvgIpc) is 3.15. The first kappa shape index (κ1) is 19.2. The van der Waals surface area contributed by atoms with E-state index < -0.39 is 21.7 Å². The van der Waals surface area contributed by atoms with Crippen molar-refractivity contribution >= 4 is 16.1 Å². The summed E-state index contributed by atoms with van der Waals surface area (Å²) in [6, 6.07) is 6.32. The predicted octanol–water partition coefficient (Wildman–Crippen LogP) is 0.904. The molecular formula is C16H22N6O4S. The highest BCUT2D eigenvalue weighted by Crippen LogP contribution is 2.20. The molecule has 1 aromatic carbocycles. The molecule has 3 rings (SSSR count). The van der Waals surface area contributed by atoms with Gasteiger partial charge in [-0.3, -0.25) is 0 Å². The standard InChI is InChI=1S/C16H22N6O4S/c1-16(2,3)26-15(23)20-8-10-21(11-9-20)27(24,25)14-6-4-13(5-7-14)22-12-17-18-19-22/h4-7,12H,8-11H2,1-3H3. The number of piperazine rings is 1. The van der Waals surface area contributed by atoms with E-state index in [1.54, 1.807) is 32.9 Å². The number of amides is 1. The summed E-state index contributed by atoms with van der Waals surface area (Å²) in [5.41, 5.74) is 0.0791. The Kier molecular flexibility index (Phi) is 5.16. The largest absolute Gasteiger partial charge is 0.444 e. The summed E-state index contributed by atoms with van der Waals surface area (Å²) in [6.07, 6.45) is 1.00. The van der Waals surface area contributed by atoms with E-state index >= 15 is 0 Å². The second kappa shape index (κ2) is 7.24. The Labute approximate surface area is 157 Å². The summed E-state index contributed by atoms with van der Waals surface area (Å²) < 4.78 is 33.8. The fraction of sp³-hybridized carbons (Fsp3) is 0.500. The van der Waals surface area contributed by atoms with Gasteiger partial charge in [-0.1, -0.05) is 0 Å². The number of benzene rings is 1. The van der Waals surface area contributed by atoms with Gasteiger partial charge in [-0.15, -0.1) is 5.10 Å². The number of tetrazole rings is 1. The van der Waals surface area contributed by atoms with Crippen LogP contribution in [0.1, 0.15) is 20.8 Å². The van der Waals surface area contributed by atoms with E-state index in [4.69, 9.17) is 4.74 Å². The topological polar surface area (TPSA) is 111 Å². The van der Waals surface area contributed by atoms with Crippen LogP contribution in [0.15, 0.2) is 35.5 Å². The van der Waals surface area contributed by atoms with Crippen LogP contribution < -0.4 is 0 Å². The van der Waals surface area contributed by atoms with Crippen molar-refractivity contribution in [3.63, 3.8) is 0 Å². The molecule has 11 heteroatoms. The van der Waals surface area contributed by atoms with Crippen molar-refractivity contribution in [2.45, 2.75) is 31.3 Å². The molecule has 146 valence electrons. The summed E-state index contributed by atoms with van der Waals surface area (Å²) in [7, 11) is -3.64. The summed E-state index contributed by atoms with van der Waals surface area (Å²) in [5, 5.41) is 10.9. The third-order valence-corrected chi connectivity index (χ3v) is 5.89. The molecule has 1 saturated heterocycles. The first-order valence-corrected chi connectivity index (χ1v) is 9.92. The molecule has 1 aliphatic rings. The number of aromatic nitrogens is 4. The Hall–Kier alpha value is -2.53. The Morgan fingerprint density at radius 2 is 1.70 bits per heavy atom. The maximum absolute atomic E-state index is 12.8. The van der Waals surface area contributed by atoms with Crippen LogP contribution in [0.25, 0.3) is 5.69 Å². The minimum atomic E-state index is -3.64. The molecule has 2 heterocycles. The fourth-order valence-corrected chi connectivity index (χ4v) is 4.06. The normalized spacial score (nSPS) is 16.3. The molecule has 1 amide bonds. The van der Waals surface area contributed by atoms with E-state index in [-0.39, 0.29) is 31.1 Å². The summed E-state index contributed by atoms with van der Waals surface area (Å²) in [5.74, 6) is 0. The van der Waals surface area contributed by atoms with Crippen LogP contribution in [-0.4, -0.2) is 75.7 Å². The second-order valence-electron chi connectivity index (χ2n) is 7.12. The highest BCUT2D eigenvalue weighted by atomic mass is 32.2. The van der Waals surface area contributed by atoms with Crippen LogP contribution in [0, 0.1) is 0 Å². The molecular weight excluding hydrogens is 372 g/mol. The van der Waals surface area contributed by atoms with Gasteiger partial charge < -0.3 is 9.64 Å². The average molecular weight is 394 g/mol. The SMILES string of the molecule is CC(C)(C)OC(=O)N1CCN(S(=O)(=O)c2ccc(-n3cnnn3)cc2)CC1. The van der Waals surface area contributed by atoms with Crippen LogP contribution in [0.3, 0.4) is 0 Å². The molecule has 27 heavy (non-hydrogen) atoms. The zero-order chi connectivity index (χ0) is 19.7. The number of carbonyl (C=O) groups is 1. The number of nitrogens with zero attached hydrogens (tertiary/aromatic N) is 6. The fourth-order valence-electron chi connectivity index (χ4n) is 2.64. The zero-order valence-electron chi connectivity index (χ0n) is 15.4. The minimum absolute atomic E-state index is 0.185. The maximum atomic E-state index is 12.8. The van der Waals surface area contributed by atoms with Gasteiger partial charge in [0.15, 0.2) is 0 Å². The molecule has 0 bridgehead atoms.